The Morgan fingerprint density at radius 2 is 1.49 bits per heavy atom. The Morgan fingerprint density at radius 3 is 2.06 bits per heavy atom. The summed E-state index contributed by atoms with van der Waals surface area (Å²) in [6.45, 7) is 0.589. The van der Waals surface area contributed by atoms with Gasteiger partial charge < -0.3 is 20.5 Å². The highest BCUT2D eigenvalue weighted by Gasteiger charge is 2.52. The number of ether oxygens (including phenoxy) is 1. The van der Waals surface area contributed by atoms with Crippen LogP contribution in [0.1, 0.15) is 68.4 Å². The fraction of sp³-hybridized carbons (Fsp3) is 0.464. The average Bonchev–Trinajstić information content (AvgIpc) is 3.58. The van der Waals surface area contributed by atoms with E-state index in [9.17, 15) is 19.5 Å². The first-order chi connectivity index (χ1) is 16.9. The van der Waals surface area contributed by atoms with E-state index >= 15 is 0 Å². The molecule has 3 N–H and O–H groups in total. The van der Waals surface area contributed by atoms with Crippen molar-refractivity contribution in [1.82, 2.24) is 10.6 Å². The summed E-state index contributed by atoms with van der Waals surface area (Å²) < 4.78 is 5.67. The van der Waals surface area contributed by atoms with Crippen LogP contribution in [-0.4, -0.2) is 41.8 Å². The quantitative estimate of drug-likeness (QED) is 0.517. The van der Waals surface area contributed by atoms with Crippen molar-refractivity contribution in [2.24, 2.45) is 5.41 Å². The number of hydrogen-bond donors (Lipinski definition) is 3. The molecule has 2 aromatic carbocycles. The second-order valence-electron chi connectivity index (χ2n) is 10.4. The number of fused-ring (bicyclic) bond motifs is 3. The number of carbonyl (C=O) groups excluding carboxylic acids is 2. The van der Waals surface area contributed by atoms with Crippen molar-refractivity contribution >= 4 is 18.0 Å². The van der Waals surface area contributed by atoms with Crippen LogP contribution >= 0.6 is 0 Å². The first-order valence-electron chi connectivity index (χ1n) is 12.5. The molecule has 0 saturated heterocycles. The molecule has 2 fully saturated rings. The fourth-order valence-corrected chi connectivity index (χ4v) is 5.80. The number of aliphatic carboxylic acids is 1. The van der Waals surface area contributed by atoms with E-state index < -0.39 is 17.6 Å². The minimum Gasteiger partial charge on any atom is -0.480 e. The molecule has 0 aliphatic heterocycles. The highest BCUT2D eigenvalue weighted by Crippen LogP contribution is 2.45. The van der Waals surface area contributed by atoms with Gasteiger partial charge in [0.05, 0.1) is 0 Å². The molecule has 3 aliphatic carbocycles. The summed E-state index contributed by atoms with van der Waals surface area (Å²) in [6.07, 6.45) is 5.40. The molecule has 3 aliphatic rings. The van der Waals surface area contributed by atoms with Crippen molar-refractivity contribution in [1.29, 1.82) is 0 Å². The zero-order valence-electron chi connectivity index (χ0n) is 19.8. The van der Waals surface area contributed by atoms with Gasteiger partial charge in [-0.05, 0) is 53.4 Å². The number of nitrogens with one attached hydrogen (secondary N) is 2. The maximum atomic E-state index is 12.7. The van der Waals surface area contributed by atoms with Gasteiger partial charge in [0.25, 0.3) is 0 Å². The van der Waals surface area contributed by atoms with Crippen LogP contribution in [0.3, 0.4) is 0 Å². The Bertz CT molecular complexity index is 1090. The highest BCUT2D eigenvalue weighted by molar-refractivity contribution is 5.89. The van der Waals surface area contributed by atoms with Crippen LogP contribution < -0.4 is 10.6 Å². The Kier molecular flexibility index (Phi) is 6.26. The Labute approximate surface area is 205 Å². The summed E-state index contributed by atoms with van der Waals surface area (Å²) in [7, 11) is 0. The first-order valence-corrected chi connectivity index (χ1v) is 12.5. The van der Waals surface area contributed by atoms with Crippen molar-refractivity contribution in [2.75, 3.05) is 13.2 Å². The van der Waals surface area contributed by atoms with Crippen LogP contribution in [0.2, 0.25) is 0 Å². The Hall–Kier alpha value is -3.35. The van der Waals surface area contributed by atoms with Crippen molar-refractivity contribution in [3.63, 3.8) is 0 Å². The number of carboxylic acid groups (broad SMARTS) is 1. The van der Waals surface area contributed by atoms with Crippen molar-refractivity contribution < 1.29 is 24.2 Å². The van der Waals surface area contributed by atoms with Crippen LogP contribution in [0.15, 0.2) is 48.5 Å². The van der Waals surface area contributed by atoms with Crippen LogP contribution in [0.5, 0.6) is 0 Å². The monoisotopic (exact) mass is 476 g/mol. The van der Waals surface area contributed by atoms with Crippen LogP contribution in [-0.2, 0) is 14.3 Å². The molecular formula is C28H32N2O5. The largest absolute Gasteiger partial charge is 0.480 e. The lowest BCUT2D eigenvalue weighted by Crippen LogP contribution is -2.47. The predicted octanol–water partition coefficient (Wildman–Crippen LogP) is 4.60. The number of rotatable bonds is 8. The van der Waals surface area contributed by atoms with Gasteiger partial charge >= 0.3 is 12.1 Å². The van der Waals surface area contributed by atoms with Crippen molar-refractivity contribution in [3.8, 4) is 11.1 Å². The SMILES string of the molecule is O=C(CC1(CNC(=O)OCC2c3ccccc3-c3ccccc32)CCCCC1)NC1(C(=O)O)CC1. The van der Waals surface area contributed by atoms with E-state index in [-0.39, 0.29) is 30.3 Å². The Balaban J connectivity index is 1.19. The van der Waals surface area contributed by atoms with E-state index in [1.807, 2.05) is 24.3 Å². The maximum Gasteiger partial charge on any atom is 0.407 e. The average molecular weight is 477 g/mol. The lowest BCUT2D eigenvalue weighted by Gasteiger charge is -2.37. The lowest BCUT2D eigenvalue weighted by molar-refractivity contribution is -0.143. The summed E-state index contributed by atoms with van der Waals surface area (Å²) in [4.78, 5) is 36.9. The van der Waals surface area contributed by atoms with Crippen molar-refractivity contribution in [2.45, 2.75) is 62.8 Å². The third kappa shape index (κ3) is 4.77. The molecule has 0 radical (unpaired) electrons. The molecule has 0 unspecified atom stereocenters. The van der Waals surface area contributed by atoms with Gasteiger partial charge in [0.2, 0.25) is 5.91 Å². The molecule has 2 saturated carbocycles. The summed E-state index contributed by atoms with van der Waals surface area (Å²) in [5.74, 6) is -1.23. The number of alkyl carbamates (subject to hydrolysis) is 1. The van der Waals surface area contributed by atoms with E-state index in [4.69, 9.17) is 4.74 Å². The summed E-state index contributed by atoms with van der Waals surface area (Å²) in [6, 6.07) is 16.4. The van der Waals surface area contributed by atoms with Gasteiger partial charge in [-0.1, -0.05) is 67.8 Å². The lowest BCUT2D eigenvalue weighted by atomic mass is 9.71. The molecule has 7 nitrogen and oxygen atoms in total. The zero-order valence-corrected chi connectivity index (χ0v) is 19.8. The molecule has 0 atom stereocenters. The van der Waals surface area contributed by atoms with Crippen LogP contribution in [0, 0.1) is 5.41 Å². The second kappa shape index (κ2) is 9.36. The Morgan fingerprint density at radius 1 is 0.886 bits per heavy atom. The zero-order chi connectivity index (χ0) is 24.5. The number of hydrogen-bond acceptors (Lipinski definition) is 4. The van der Waals surface area contributed by atoms with E-state index in [2.05, 4.69) is 34.9 Å². The molecule has 5 rings (SSSR count). The molecule has 0 bridgehead atoms. The van der Waals surface area contributed by atoms with Gasteiger partial charge in [-0.2, -0.15) is 0 Å². The summed E-state index contributed by atoms with van der Waals surface area (Å²) in [5.41, 5.74) is 3.22. The third-order valence-electron chi connectivity index (χ3n) is 7.94. The van der Waals surface area contributed by atoms with Gasteiger partial charge in [-0.15, -0.1) is 0 Å². The third-order valence-corrected chi connectivity index (χ3v) is 7.94. The minimum absolute atomic E-state index is 0.00619. The van der Waals surface area contributed by atoms with Gasteiger partial charge in [-0.25, -0.2) is 9.59 Å². The molecule has 35 heavy (non-hydrogen) atoms. The van der Waals surface area contributed by atoms with Gasteiger partial charge in [0.15, 0.2) is 0 Å². The molecule has 0 aromatic heterocycles. The van der Waals surface area contributed by atoms with Gasteiger partial charge in [-0.3, -0.25) is 4.79 Å². The normalized spacial score (nSPS) is 19.2. The van der Waals surface area contributed by atoms with Crippen LogP contribution in [0.25, 0.3) is 11.1 Å². The number of carbonyl (C=O) groups is 3. The maximum absolute atomic E-state index is 12.7. The number of amides is 2. The van der Waals surface area contributed by atoms with Crippen molar-refractivity contribution in [3.05, 3.63) is 59.7 Å². The predicted molar refractivity (Wildman–Crippen MR) is 131 cm³/mol. The molecule has 7 heteroatoms. The molecule has 0 spiro atoms. The van der Waals surface area contributed by atoms with Gasteiger partial charge in [0, 0.05) is 18.9 Å². The topological polar surface area (TPSA) is 105 Å². The molecule has 2 amide bonds. The second-order valence-corrected chi connectivity index (χ2v) is 10.4. The number of carboxylic acids is 1. The standard InChI is InChI=1S/C28H32N2O5/c31-24(30-28(14-15-28)25(32)33)16-27(12-6-1-7-13-27)18-29-26(34)35-17-23-21-10-4-2-8-19(21)20-9-3-5-11-22(20)23/h2-5,8-11,23H,1,6-7,12-18H2,(H,29,34)(H,30,31)(H,32,33). The van der Waals surface area contributed by atoms with E-state index in [0.29, 0.717) is 19.4 Å². The smallest absolute Gasteiger partial charge is 0.407 e. The van der Waals surface area contributed by atoms with Gasteiger partial charge in [0.1, 0.15) is 12.1 Å². The number of benzene rings is 2. The summed E-state index contributed by atoms with van der Waals surface area (Å²) in [5, 5.41) is 15.0. The van der Waals surface area contributed by atoms with E-state index in [1.165, 1.54) is 11.1 Å². The summed E-state index contributed by atoms with van der Waals surface area (Å²) >= 11 is 0. The molecule has 184 valence electrons. The van der Waals surface area contributed by atoms with E-state index in [1.54, 1.807) is 0 Å². The molecular weight excluding hydrogens is 444 g/mol. The highest BCUT2D eigenvalue weighted by atomic mass is 16.5. The fourth-order valence-electron chi connectivity index (χ4n) is 5.80. The minimum atomic E-state index is -1.09. The first kappa shape index (κ1) is 23.4. The van der Waals surface area contributed by atoms with Crippen LogP contribution in [0.4, 0.5) is 4.79 Å². The molecule has 2 aromatic rings. The molecule has 0 heterocycles. The van der Waals surface area contributed by atoms with E-state index in [0.717, 1.165) is 43.2 Å².